The first-order valence-corrected chi connectivity index (χ1v) is 5.69. The fourth-order valence-corrected chi connectivity index (χ4v) is 1.71. The molecule has 0 amide bonds. The van der Waals surface area contributed by atoms with Gasteiger partial charge in [0.05, 0.1) is 12.2 Å². The van der Waals surface area contributed by atoms with Gasteiger partial charge in [0.2, 0.25) is 0 Å². The van der Waals surface area contributed by atoms with Crippen LogP contribution < -0.4 is 0 Å². The molecule has 0 fully saturated rings. The van der Waals surface area contributed by atoms with Crippen molar-refractivity contribution in [3.8, 4) is 0 Å². The Kier molecular flexibility index (Phi) is 5.42. The van der Waals surface area contributed by atoms with Crippen LogP contribution in [0.2, 0.25) is 0 Å². The Labute approximate surface area is 85.0 Å². The predicted octanol–water partition coefficient (Wildman–Crippen LogP) is 3.47. The number of hydrogen-bond donors (Lipinski definition) is 0. The minimum atomic E-state index is -0.00465. The fraction of sp³-hybridized carbons (Fsp3) is 1.00. The standard InChI is InChI=1S/C10H21BrO/c1-8(2)9(6-11)7-12-10(3,4)5/h8-9H,6-7H2,1-5H3. The average molecular weight is 237 g/mol. The van der Waals surface area contributed by atoms with Crippen LogP contribution in [0, 0.1) is 11.8 Å². The molecule has 0 heterocycles. The molecule has 0 rings (SSSR count). The van der Waals surface area contributed by atoms with Crippen LogP contribution in [-0.2, 0) is 4.74 Å². The van der Waals surface area contributed by atoms with Gasteiger partial charge in [0.1, 0.15) is 0 Å². The van der Waals surface area contributed by atoms with E-state index in [9.17, 15) is 0 Å². The molecule has 0 bridgehead atoms. The number of rotatable bonds is 4. The summed E-state index contributed by atoms with van der Waals surface area (Å²) in [6, 6.07) is 0. The lowest BCUT2D eigenvalue weighted by Crippen LogP contribution is -2.26. The average Bonchev–Trinajstić information content (AvgIpc) is 1.85. The Morgan fingerprint density at radius 3 is 2.00 bits per heavy atom. The molecule has 74 valence electrons. The van der Waals surface area contributed by atoms with Gasteiger partial charge in [-0.05, 0) is 32.6 Å². The first-order chi connectivity index (χ1) is 5.37. The van der Waals surface area contributed by atoms with Crippen molar-refractivity contribution >= 4 is 15.9 Å². The molecule has 0 aromatic heterocycles. The van der Waals surface area contributed by atoms with E-state index in [-0.39, 0.29) is 5.60 Å². The smallest absolute Gasteiger partial charge is 0.0598 e. The minimum Gasteiger partial charge on any atom is -0.376 e. The predicted molar refractivity (Wildman–Crippen MR) is 57.8 cm³/mol. The van der Waals surface area contributed by atoms with Gasteiger partial charge in [-0.25, -0.2) is 0 Å². The van der Waals surface area contributed by atoms with Gasteiger partial charge < -0.3 is 4.74 Å². The van der Waals surface area contributed by atoms with E-state index in [4.69, 9.17) is 4.74 Å². The van der Waals surface area contributed by atoms with E-state index in [1.165, 1.54) is 0 Å². The van der Waals surface area contributed by atoms with Crippen LogP contribution in [0.4, 0.5) is 0 Å². The fourth-order valence-electron chi connectivity index (χ4n) is 0.772. The van der Waals surface area contributed by atoms with Crippen LogP contribution in [-0.4, -0.2) is 17.5 Å². The summed E-state index contributed by atoms with van der Waals surface area (Å²) in [7, 11) is 0. The Hall–Kier alpha value is 0.440. The molecule has 2 heteroatoms. The first-order valence-electron chi connectivity index (χ1n) is 4.56. The normalized spacial score (nSPS) is 15.2. The molecule has 0 aliphatic heterocycles. The van der Waals surface area contributed by atoms with E-state index >= 15 is 0 Å². The van der Waals surface area contributed by atoms with Crippen molar-refractivity contribution in [1.82, 2.24) is 0 Å². The van der Waals surface area contributed by atoms with Gasteiger partial charge in [-0.2, -0.15) is 0 Å². The summed E-state index contributed by atoms with van der Waals surface area (Å²) in [5.74, 6) is 1.32. The molecule has 0 spiro atoms. The topological polar surface area (TPSA) is 9.23 Å². The highest BCUT2D eigenvalue weighted by molar-refractivity contribution is 9.09. The summed E-state index contributed by atoms with van der Waals surface area (Å²) in [6.45, 7) is 11.6. The van der Waals surface area contributed by atoms with Crippen molar-refractivity contribution in [1.29, 1.82) is 0 Å². The van der Waals surface area contributed by atoms with Crippen molar-refractivity contribution in [3.05, 3.63) is 0 Å². The van der Waals surface area contributed by atoms with Crippen molar-refractivity contribution < 1.29 is 4.74 Å². The largest absolute Gasteiger partial charge is 0.376 e. The molecule has 0 aliphatic carbocycles. The van der Waals surface area contributed by atoms with Gasteiger partial charge in [-0.3, -0.25) is 0 Å². The van der Waals surface area contributed by atoms with Gasteiger partial charge in [-0.15, -0.1) is 0 Å². The first kappa shape index (κ1) is 12.4. The molecular weight excluding hydrogens is 216 g/mol. The molecule has 0 aromatic carbocycles. The molecule has 0 radical (unpaired) electrons. The van der Waals surface area contributed by atoms with Crippen LogP contribution in [0.15, 0.2) is 0 Å². The van der Waals surface area contributed by atoms with Crippen LogP contribution in [0.3, 0.4) is 0 Å². The molecule has 1 unspecified atom stereocenters. The van der Waals surface area contributed by atoms with Crippen molar-refractivity contribution in [2.45, 2.75) is 40.2 Å². The molecule has 0 N–H and O–H groups in total. The zero-order valence-corrected chi connectivity index (χ0v) is 10.4. The molecule has 0 aliphatic rings. The zero-order valence-electron chi connectivity index (χ0n) is 8.86. The van der Waals surface area contributed by atoms with E-state index in [0.717, 1.165) is 11.9 Å². The van der Waals surface area contributed by atoms with E-state index in [0.29, 0.717) is 11.8 Å². The lowest BCUT2D eigenvalue weighted by atomic mass is 9.99. The van der Waals surface area contributed by atoms with Crippen molar-refractivity contribution in [3.63, 3.8) is 0 Å². The summed E-state index contributed by atoms with van der Waals surface area (Å²) >= 11 is 3.50. The number of halogens is 1. The maximum Gasteiger partial charge on any atom is 0.0598 e. The second kappa shape index (κ2) is 5.23. The van der Waals surface area contributed by atoms with Gasteiger partial charge >= 0.3 is 0 Å². The maximum atomic E-state index is 5.71. The van der Waals surface area contributed by atoms with Crippen molar-refractivity contribution in [2.24, 2.45) is 11.8 Å². The third kappa shape index (κ3) is 6.01. The zero-order chi connectivity index (χ0) is 9.78. The van der Waals surface area contributed by atoms with Crippen molar-refractivity contribution in [2.75, 3.05) is 11.9 Å². The molecule has 1 nitrogen and oxygen atoms in total. The Morgan fingerprint density at radius 1 is 1.25 bits per heavy atom. The summed E-state index contributed by atoms with van der Waals surface area (Å²) in [4.78, 5) is 0. The highest BCUT2D eigenvalue weighted by atomic mass is 79.9. The lowest BCUT2D eigenvalue weighted by molar-refractivity contribution is -0.0251. The van der Waals surface area contributed by atoms with Crippen LogP contribution in [0.25, 0.3) is 0 Å². The number of ether oxygens (including phenoxy) is 1. The highest BCUT2D eigenvalue weighted by Gasteiger charge is 2.16. The summed E-state index contributed by atoms with van der Waals surface area (Å²) < 4.78 is 5.71. The Balaban J connectivity index is 3.73. The molecular formula is C10H21BrO. The quantitative estimate of drug-likeness (QED) is 0.680. The van der Waals surface area contributed by atoms with Gasteiger partial charge in [0, 0.05) is 5.33 Å². The highest BCUT2D eigenvalue weighted by Crippen LogP contribution is 2.17. The second-order valence-corrected chi connectivity index (χ2v) is 5.23. The van der Waals surface area contributed by atoms with E-state index in [1.54, 1.807) is 0 Å². The number of alkyl halides is 1. The molecule has 0 aromatic rings. The lowest BCUT2D eigenvalue weighted by Gasteiger charge is -2.25. The van der Waals surface area contributed by atoms with E-state index < -0.39 is 0 Å². The summed E-state index contributed by atoms with van der Waals surface area (Å²) in [6.07, 6.45) is 0. The third-order valence-electron chi connectivity index (χ3n) is 1.87. The Bertz CT molecular complexity index is 115. The molecule has 0 saturated heterocycles. The third-order valence-corrected chi connectivity index (χ3v) is 2.70. The second-order valence-electron chi connectivity index (χ2n) is 4.58. The van der Waals surface area contributed by atoms with Crippen LogP contribution in [0.5, 0.6) is 0 Å². The minimum absolute atomic E-state index is 0.00465. The summed E-state index contributed by atoms with van der Waals surface area (Å²) in [5.41, 5.74) is -0.00465. The molecule has 0 saturated carbocycles. The maximum absolute atomic E-state index is 5.71. The Morgan fingerprint density at radius 2 is 1.75 bits per heavy atom. The number of hydrogen-bond acceptors (Lipinski definition) is 1. The van der Waals surface area contributed by atoms with Gasteiger partial charge in [0.25, 0.3) is 0 Å². The van der Waals surface area contributed by atoms with Gasteiger partial charge in [0.15, 0.2) is 0 Å². The van der Waals surface area contributed by atoms with E-state index in [1.807, 2.05) is 0 Å². The van der Waals surface area contributed by atoms with E-state index in [2.05, 4.69) is 50.5 Å². The van der Waals surface area contributed by atoms with Gasteiger partial charge in [-0.1, -0.05) is 29.8 Å². The SMILES string of the molecule is CC(C)C(CBr)COC(C)(C)C. The molecule has 12 heavy (non-hydrogen) atoms. The summed E-state index contributed by atoms with van der Waals surface area (Å²) in [5, 5.41) is 1.03. The monoisotopic (exact) mass is 236 g/mol. The molecule has 1 atom stereocenters. The van der Waals surface area contributed by atoms with Crippen LogP contribution in [0.1, 0.15) is 34.6 Å². The van der Waals surface area contributed by atoms with Crippen LogP contribution >= 0.6 is 15.9 Å².